The average molecular weight is 488 g/mol. The molecule has 7 nitrogen and oxygen atoms in total. The lowest BCUT2D eigenvalue weighted by Gasteiger charge is -2.09. The molecular formula is C29H33N3O4. The molecule has 0 unspecified atom stereocenters. The Labute approximate surface area is 211 Å². The van der Waals surface area contributed by atoms with Gasteiger partial charge in [0.05, 0.1) is 17.9 Å². The van der Waals surface area contributed by atoms with Gasteiger partial charge in [-0.1, -0.05) is 25.5 Å². The summed E-state index contributed by atoms with van der Waals surface area (Å²) in [5.74, 6) is 0.201. The molecule has 0 N–H and O–H groups in total. The zero-order chi connectivity index (χ0) is 25.8. The monoisotopic (exact) mass is 487 g/mol. The topological polar surface area (TPSA) is 75.3 Å². The highest BCUT2D eigenvalue weighted by Crippen LogP contribution is 2.31. The van der Waals surface area contributed by atoms with E-state index in [1.54, 1.807) is 12.1 Å². The fourth-order valence-corrected chi connectivity index (χ4v) is 4.48. The number of aromatic nitrogens is 3. The number of ether oxygens (including phenoxy) is 2. The minimum atomic E-state index is -0.310. The molecule has 0 amide bonds. The summed E-state index contributed by atoms with van der Waals surface area (Å²) in [6.07, 6.45) is 2.10. The number of esters is 1. The van der Waals surface area contributed by atoms with Crippen LogP contribution in [0.1, 0.15) is 70.1 Å². The normalized spacial score (nSPS) is 11.1. The number of aryl methyl sites for hydroxylation is 3. The first-order valence-electron chi connectivity index (χ1n) is 12.4. The lowest BCUT2D eigenvalue weighted by molar-refractivity contribution is 0.0527. The molecule has 188 valence electrons. The molecule has 0 atom stereocenters. The average Bonchev–Trinajstić information content (AvgIpc) is 3.35. The molecule has 0 aliphatic heterocycles. The lowest BCUT2D eigenvalue weighted by atomic mass is 10.1. The number of nitrogens with zero attached hydrogens (tertiary/aromatic N) is 3. The van der Waals surface area contributed by atoms with Gasteiger partial charge in [0.15, 0.2) is 0 Å². The van der Waals surface area contributed by atoms with Crippen LogP contribution in [0.5, 0.6) is 5.75 Å². The Hall–Kier alpha value is -3.87. The van der Waals surface area contributed by atoms with Crippen LogP contribution in [0.4, 0.5) is 0 Å². The summed E-state index contributed by atoms with van der Waals surface area (Å²) in [5.41, 5.74) is 5.63. The first kappa shape index (κ1) is 25.2. The van der Waals surface area contributed by atoms with Gasteiger partial charge >= 0.3 is 5.97 Å². The minimum Gasteiger partial charge on any atom is -0.489 e. The van der Waals surface area contributed by atoms with Crippen molar-refractivity contribution in [1.82, 2.24) is 14.3 Å². The van der Waals surface area contributed by atoms with Gasteiger partial charge in [0.1, 0.15) is 12.4 Å². The van der Waals surface area contributed by atoms with Crippen LogP contribution in [0.2, 0.25) is 0 Å². The van der Waals surface area contributed by atoms with Crippen LogP contribution in [-0.4, -0.2) is 32.8 Å². The van der Waals surface area contributed by atoms with E-state index >= 15 is 0 Å². The van der Waals surface area contributed by atoms with Crippen LogP contribution in [0.15, 0.2) is 48.5 Å². The molecule has 2 aromatic heterocycles. The van der Waals surface area contributed by atoms with Crippen LogP contribution in [0.25, 0.3) is 10.9 Å². The maximum absolute atomic E-state index is 12.8. The molecule has 36 heavy (non-hydrogen) atoms. The summed E-state index contributed by atoms with van der Waals surface area (Å²) < 4.78 is 15.0. The second kappa shape index (κ2) is 10.8. The summed E-state index contributed by atoms with van der Waals surface area (Å²) in [4.78, 5) is 25.5. The largest absolute Gasteiger partial charge is 0.489 e. The summed E-state index contributed by atoms with van der Waals surface area (Å²) in [6.45, 7) is 11.2. The summed E-state index contributed by atoms with van der Waals surface area (Å²) in [6, 6.07) is 15.1. The van der Waals surface area contributed by atoms with E-state index in [9.17, 15) is 9.59 Å². The molecule has 4 rings (SSSR count). The number of fused-ring (bicyclic) bond motifs is 1. The molecule has 0 saturated carbocycles. The van der Waals surface area contributed by atoms with Crippen molar-refractivity contribution < 1.29 is 19.1 Å². The third kappa shape index (κ3) is 5.05. The number of carbonyl (C=O) groups excluding carboxylic acids is 2. The molecule has 0 spiro atoms. The summed E-state index contributed by atoms with van der Waals surface area (Å²) in [7, 11) is 0. The Bertz CT molecular complexity index is 1400. The van der Waals surface area contributed by atoms with E-state index in [2.05, 4.69) is 16.6 Å². The van der Waals surface area contributed by atoms with Crippen molar-refractivity contribution in [2.75, 3.05) is 6.61 Å². The highest BCUT2D eigenvalue weighted by molar-refractivity contribution is 6.06. The smallest absolute Gasteiger partial charge is 0.340 e. The summed E-state index contributed by atoms with van der Waals surface area (Å²) >= 11 is 0. The number of hydrogen-bond acceptors (Lipinski definition) is 5. The standard InChI is InChI=1S/C29H33N3O4/c1-6-8-15-31-21(5)27(29(34)35-7-2)25-17-24(13-14-26(25)31)36-18-22-9-11-23(12-10-22)28(33)32-20(4)16-19(3)30-32/h9-14,16-17H,6-8,15,18H2,1-5H3. The number of carbonyl (C=O) groups is 2. The molecule has 0 aliphatic rings. The molecule has 0 radical (unpaired) electrons. The van der Waals surface area contributed by atoms with Crippen molar-refractivity contribution in [2.24, 2.45) is 0 Å². The third-order valence-electron chi connectivity index (χ3n) is 6.32. The molecule has 0 bridgehead atoms. The predicted octanol–water partition coefficient (Wildman–Crippen LogP) is 6.01. The molecule has 0 fully saturated rings. The summed E-state index contributed by atoms with van der Waals surface area (Å²) in [5, 5.41) is 5.11. The molecule has 0 aliphatic carbocycles. The Morgan fingerprint density at radius 1 is 0.972 bits per heavy atom. The second-order valence-corrected chi connectivity index (χ2v) is 8.99. The SMILES string of the molecule is CCCCn1c(C)c(C(=O)OCC)c2cc(OCc3ccc(C(=O)n4nc(C)cc4C)cc3)ccc21. The van der Waals surface area contributed by atoms with Crippen LogP contribution < -0.4 is 4.74 Å². The van der Waals surface area contributed by atoms with Gasteiger partial charge in [0.2, 0.25) is 0 Å². The highest BCUT2D eigenvalue weighted by atomic mass is 16.5. The van der Waals surface area contributed by atoms with Crippen molar-refractivity contribution in [3.8, 4) is 5.75 Å². The fourth-order valence-electron chi connectivity index (χ4n) is 4.48. The second-order valence-electron chi connectivity index (χ2n) is 8.99. The van der Waals surface area contributed by atoms with E-state index in [1.165, 1.54) is 4.68 Å². The van der Waals surface area contributed by atoms with Crippen LogP contribution in [0.3, 0.4) is 0 Å². The van der Waals surface area contributed by atoms with Gasteiger partial charge in [0, 0.05) is 34.4 Å². The van der Waals surface area contributed by atoms with Crippen LogP contribution in [-0.2, 0) is 17.9 Å². The van der Waals surface area contributed by atoms with E-state index in [4.69, 9.17) is 9.47 Å². The van der Waals surface area contributed by atoms with E-state index in [0.29, 0.717) is 30.1 Å². The maximum atomic E-state index is 12.8. The van der Waals surface area contributed by atoms with Crippen molar-refractivity contribution >= 4 is 22.8 Å². The van der Waals surface area contributed by atoms with Crippen LogP contribution in [0, 0.1) is 20.8 Å². The quantitative estimate of drug-likeness (QED) is 0.270. The number of benzene rings is 2. The number of unbranched alkanes of at least 4 members (excludes halogenated alkanes) is 1. The lowest BCUT2D eigenvalue weighted by Crippen LogP contribution is -2.15. The predicted molar refractivity (Wildman–Crippen MR) is 140 cm³/mol. The van der Waals surface area contributed by atoms with Gasteiger partial charge in [-0.05, 0) is 76.1 Å². The first-order chi connectivity index (χ1) is 17.3. The van der Waals surface area contributed by atoms with Crippen LogP contribution >= 0.6 is 0 Å². The third-order valence-corrected chi connectivity index (χ3v) is 6.32. The fraction of sp³-hybridized carbons (Fsp3) is 0.345. The minimum absolute atomic E-state index is 0.159. The molecule has 2 aromatic carbocycles. The first-order valence-corrected chi connectivity index (χ1v) is 12.4. The van der Waals surface area contributed by atoms with E-state index in [1.807, 2.05) is 64.1 Å². The van der Waals surface area contributed by atoms with Crippen molar-refractivity contribution in [2.45, 2.75) is 60.6 Å². The number of hydrogen-bond donors (Lipinski definition) is 0. The Morgan fingerprint density at radius 3 is 2.36 bits per heavy atom. The Kier molecular flexibility index (Phi) is 7.58. The molecule has 2 heterocycles. The molecule has 0 saturated heterocycles. The van der Waals surface area contributed by atoms with E-state index in [-0.39, 0.29) is 11.9 Å². The maximum Gasteiger partial charge on any atom is 0.340 e. The van der Waals surface area contributed by atoms with Crippen molar-refractivity contribution in [1.29, 1.82) is 0 Å². The van der Waals surface area contributed by atoms with E-state index in [0.717, 1.165) is 52.9 Å². The van der Waals surface area contributed by atoms with E-state index < -0.39 is 0 Å². The van der Waals surface area contributed by atoms with Crippen molar-refractivity contribution in [3.63, 3.8) is 0 Å². The molecular weight excluding hydrogens is 454 g/mol. The van der Waals surface area contributed by atoms with Gasteiger partial charge in [-0.15, -0.1) is 0 Å². The van der Waals surface area contributed by atoms with Gasteiger partial charge < -0.3 is 14.0 Å². The highest BCUT2D eigenvalue weighted by Gasteiger charge is 2.21. The zero-order valence-electron chi connectivity index (χ0n) is 21.6. The van der Waals surface area contributed by atoms with Gasteiger partial charge in [-0.25, -0.2) is 9.48 Å². The Balaban J connectivity index is 1.54. The number of rotatable bonds is 9. The Morgan fingerprint density at radius 2 is 1.72 bits per heavy atom. The zero-order valence-corrected chi connectivity index (χ0v) is 21.6. The molecule has 4 aromatic rings. The van der Waals surface area contributed by atoms with Crippen molar-refractivity contribution in [3.05, 3.63) is 82.3 Å². The molecule has 7 heteroatoms. The van der Waals surface area contributed by atoms with Gasteiger partial charge in [0.25, 0.3) is 5.91 Å². The van der Waals surface area contributed by atoms with Gasteiger partial charge in [-0.3, -0.25) is 4.79 Å². The van der Waals surface area contributed by atoms with Gasteiger partial charge in [-0.2, -0.15) is 5.10 Å².